The third kappa shape index (κ3) is 6.10. The van der Waals surface area contributed by atoms with E-state index in [2.05, 4.69) is 48.6 Å². The highest BCUT2D eigenvalue weighted by Gasteiger charge is 2.24. The first-order chi connectivity index (χ1) is 13.6. The van der Waals surface area contributed by atoms with Gasteiger partial charge in [0.2, 0.25) is 5.91 Å². The minimum Gasteiger partial charge on any atom is -0.376 e. The van der Waals surface area contributed by atoms with E-state index in [-0.39, 0.29) is 11.9 Å². The van der Waals surface area contributed by atoms with Crippen LogP contribution in [-0.4, -0.2) is 36.5 Å². The molecule has 4 heteroatoms. The summed E-state index contributed by atoms with van der Waals surface area (Å²) in [6.45, 7) is 7.24. The van der Waals surface area contributed by atoms with Crippen LogP contribution in [-0.2, 0) is 22.6 Å². The Morgan fingerprint density at radius 2 is 1.82 bits per heavy atom. The maximum atomic E-state index is 12.7. The van der Waals surface area contributed by atoms with Gasteiger partial charge in [0, 0.05) is 18.8 Å². The second kappa shape index (κ2) is 10.3. The molecule has 3 rings (SSSR count). The fourth-order valence-corrected chi connectivity index (χ4v) is 3.59. The van der Waals surface area contributed by atoms with Crippen molar-refractivity contribution in [2.45, 2.75) is 45.8 Å². The number of nitrogens with one attached hydrogen (secondary N) is 1. The lowest BCUT2D eigenvalue weighted by Gasteiger charge is -2.32. The number of likely N-dealkylation sites (tertiary alicyclic amines) is 1. The average Bonchev–Trinajstić information content (AvgIpc) is 2.72. The monoisotopic (exact) mass is 380 g/mol. The summed E-state index contributed by atoms with van der Waals surface area (Å²) in [5.41, 5.74) is 3.37. The number of benzene rings is 2. The van der Waals surface area contributed by atoms with E-state index in [0.717, 1.165) is 49.5 Å². The fourth-order valence-electron chi connectivity index (χ4n) is 3.59. The summed E-state index contributed by atoms with van der Waals surface area (Å²) in [6, 6.07) is 18.3. The van der Waals surface area contributed by atoms with Crippen LogP contribution in [0.15, 0.2) is 54.6 Å². The standard InChI is InChI=1S/C24H32N2O2/c1-19-11-14-26(15-12-19)24(27)20(2)25-23-10-6-9-22(17-23)18-28-16-13-21-7-4-3-5-8-21/h3-10,17,19-20,25H,11-16,18H2,1-2H3. The molecule has 0 aliphatic carbocycles. The zero-order chi connectivity index (χ0) is 19.8. The third-order valence-electron chi connectivity index (χ3n) is 5.42. The number of hydrogen-bond donors (Lipinski definition) is 1. The van der Waals surface area contributed by atoms with Gasteiger partial charge in [-0.3, -0.25) is 4.79 Å². The molecule has 1 aliphatic heterocycles. The predicted molar refractivity (Wildman–Crippen MR) is 114 cm³/mol. The minimum atomic E-state index is -0.220. The van der Waals surface area contributed by atoms with Crippen LogP contribution >= 0.6 is 0 Å². The van der Waals surface area contributed by atoms with E-state index in [1.807, 2.05) is 30.0 Å². The lowest BCUT2D eigenvalue weighted by molar-refractivity contribution is -0.132. The molecule has 1 heterocycles. The van der Waals surface area contributed by atoms with Crippen molar-refractivity contribution in [3.63, 3.8) is 0 Å². The molecular weight excluding hydrogens is 348 g/mol. The van der Waals surface area contributed by atoms with Crippen molar-refractivity contribution < 1.29 is 9.53 Å². The molecular formula is C24H32N2O2. The van der Waals surface area contributed by atoms with Gasteiger partial charge >= 0.3 is 0 Å². The molecule has 4 nitrogen and oxygen atoms in total. The molecule has 150 valence electrons. The Labute approximate surface area is 168 Å². The number of hydrogen-bond acceptors (Lipinski definition) is 3. The van der Waals surface area contributed by atoms with E-state index in [1.54, 1.807) is 0 Å². The second-order valence-corrected chi connectivity index (χ2v) is 7.86. The number of amides is 1. The summed E-state index contributed by atoms with van der Waals surface area (Å²) < 4.78 is 5.83. The molecule has 28 heavy (non-hydrogen) atoms. The van der Waals surface area contributed by atoms with E-state index < -0.39 is 0 Å². The number of anilines is 1. The summed E-state index contributed by atoms with van der Waals surface area (Å²) in [6.07, 6.45) is 3.13. The van der Waals surface area contributed by atoms with Gasteiger partial charge in [0.1, 0.15) is 6.04 Å². The molecule has 1 fully saturated rings. The molecule has 2 aromatic rings. The normalized spacial score (nSPS) is 16.0. The molecule has 0 spiro atoms. The number of ether oxygens (including phenoxy) is 1. The zero-order valence-corrected chi connectivity index (χ0v) is 17.1. The van der Waals surface area contributed by atoms with Crippen LogP contribution in [0.4, 0.5) is 5.69 Å². The van der Waals surface area contributed by atoms with Crippen molar-refractivity contribution in [3.8, 4) is 0 Å². The van der Waals surface area contributed by atoms with Crippen molar-refractivity contribution in [3.05, 3.63) is 65.7 Å². The summed E-state index contributed by atoms with van der Waals surface area (Å²) >= 11 is 0. The average molecular weight is 381 g/mol. The fraction of sp³-hybridized carbons (Fsp3) is 0.458. The third-order valence-corrected chi connectivity index (χ3v) is 5.42. The Kier molecular flexibility index (Phi) is 7.49. The van der Waals surface area contributed by atoms with Crippen molar-refractivity contribution >= 4 is 11.6 Å². The highest BCUT2D eigenvalue weighted by Crippen LogP contribution is 2.18. The first-order valence-electron chi connectivity index (χ1n) is 10.4. The Bertz CT molecular complexity index is 739. The van der Waals surface area contributed by atoms with E-state index in [1.165, 1.54) is 5.56 Å². The van der Waals surface area contributed by atoms with Gasteiger partial charge in [-0.15, -0.1) is 0 Å². The van der Waals surface area contributed by atoms with E-state index in [0.29, 0.717) is 13.2 Å². The largest absolute Gasteiger partial charge is 0.376 e. The van der Waals surface area contributed by atoms with E-state index >= 15 is 0 Å². The van der Waals surface area contributed by atoms with Gasteiger partial charge < -0.3 is 15.0 Å². The van der Waals surface area contributed by atoms with Gasteiger partial charge in [0.05, 0.1) is 13.2 Å². The molecule has 1 atom stereocenters. The molecule has 1 N–H and O–H groups in total. The molecule has 1 amide bonds. The molecule has 1 saturated heterocycles. The van der Waals surface area contributed by atoms with Gasteiger partial charge in [-0.25, -0.2) is 0 Å². The molecule has 2 aromatic carbocycles. The smallest absolute Gasteiger partial charge is 0.244 e. The Balaban J connectivity index is 1.45. The van der Waals surface area contributed by atoms with Gasteiger partial charge in [-0.2, -0.15) is 0 Å². The zero-order valence-electron chi connectivity index (χ0n) is 17.1. The highest BCUT2D eigenvalue weighted by molar-refractivity contribution is 5.84. The Morgan fingerprint density at radius 3 is 2.57 bits per heavy atom. The minimum absolute atomic E-state index is 0.191. The second-order valence-electron chi connectivity index (χ2n) is 7.86. The predicted octanol–water partition coefficient (Wildman–Crippen LogP) is 4.50. The number of nitrogens with zero attached hydrogens (tertiary/aromatic N) is 1. The molecule has 1 aliphatic rings. The van der Waals surface area contributed by atoms with Gasteiger partial charge in [-0.1, -0.05) is 49.4 Å². The summed E-state index contributed by atoms with van der Waals surface area (Å²) in [5, 5.41) is 3.36. The van der Waals surface area contributed by atoms with Gasteiger partial charge in [0.15, 0.2) is 0 Å². The molecule has 0 radical (unpaired) electrons. The summed E-state index contributed by atoms with van der Waals surface area (Å²) in [7, 11) is 0. The van der Waals surface area contributed by atoms with Crippen molar-refractivity contribution in [1.82, 2.24) is 4.90 Å². The molecule has 1 unspecified atom stereocenters. The van der Waals surface area contributed by atoms with Crippen LogP contribution in [0.25, 0.3) is 0 Å². The Morgan fingerprint density at radius 1 is 1.11 bits per heavy atom. The lowest BCUT2D eigenvalue weighted by atomic mass is 9.99. The van der Waals surface area contributed by atoms with E-state index in [9.17, 15) is 4.79 Å². The first-order valence-corrected chi connectivity index (χ1v) is 10.4. The van der Waals surface area contributed by atoms with Gasteiger partial charge in [-0.05, 0) is 55.4 Å². The molecule has 0 aromatic heterocycles. The number of carbonyl (C=O) groups is 1. The van der Waals surface area contributed by atoms with E-state index in [4.69, 9.17) is 4.74 Å². The van der Waals surface area contributed by atoms with Crippen molar-refractivity contribution in [2.24, 2.45) is 5.92 Å². The number of piperidine rings is 1. The van der Waals surface area contributed by atoms with Crippen LogP contribution in [0.3, 0.4) is 0 Å². The quantitative estimate of drug-likeness (QED) is 0.686. The maximum absolute atomic E-state index is 12.7. The van der Waals surface area contributed by atoms with Crippen LogP contribution < -0.4 is 5.32 Å². The van der Waals surface area contributed by atoms with Crippen molar-refractivity contribution in [1.29, 1.82) is 0 Å². The number of carbonyl (C=O) groups excluding carboxylic acids is 1. The molecule has 0 saturated carbocycles. The Hall–Kier alpha value is -2.33. The summed E-state index contributed by atoms with van der Waals surface area (Å²) in [5.74, 6) is 0.919. The highest BCUT2D eigenvalue weighted by atomic mass is 16.5. The first kappa shape index (κ1) is 20.4. The van der Waals surface area contributed by atoms with Crippen LogP contribution in [0, 0.1) is 5.92 Å². The number of rotatable bonds is 8. The topological polar surface area (TPSA) is 41.6 Å². The van der Waals surface area contributed by atoms with Crippen LogP contribution in [0.1, 0.15) is 37.8 Å². The lowest BCUT2D eigenvalue weighted by Crippen LogP contribution is -2.45. The SMILES string of the molecule is CC1CCN(C(=O)C(C)Nc2cccc(COCCc3ccccc3)c2)CC1. The summed E-state index contributed by atoms with van der Waals surface area (Å²) in [4.78, 5) is 14.7. The molecule has 0 bridgehead atoms. The van der Waals surface area contributed by atoms with Crippen molar-refractivity contribution in [2.75, 3.05) is 25.0 Å². The van der Waals surface area contributed by atoms with Crippen LogP contribution in [0.2, 0.25) is 0 Å². The van der Waals surface area contributed by atoms with Gasteiger partial charge in [0.25, 0.3) is 0 Å². The maximum Gasteiger partial charge on any atom is 0.244 e. The van der Waals surface area contributed by atoms with Crippen LogP contribution in [0.5, 0.6) is 0 Å².